The van der Waals surface area contributed by atoms with Gasteiger partial charge in [0.05, 0.1) is 12.5 Å². The van der Waals surface area contributed by atoms with Gasteiger partial charge in [-0.25, -0.2) is 0 Å². The van der Waals surface area contributed by atoms with E-state index in [-0.39, 0.29) is 36.2 Å². The van der Waals surface area contributed by atoms with Gasteiger partial charge < -0.3 is 31.0 Å². The molecule has 0 amide bonds. The van der Waals surface area contributed by atoms with Crippen LogP contribution < -0.4 is 16.2 Å². The molecule has 62 heavy (non-hydrogen) atoms. The number of hydrogen-bond acceptors (Lipinski definition) is 6. The van der Waals surface area contributed by atoms with E-state index in [1.165, 1.54) is 17.4 Å². The summed E-state index contributed by atoms with van der Waals surface area (Å²) in [5.74, 6) is -1.17. The predicted octanol–water partition coefficient (Wildman–Crippen LogP) is 9.60. The molecule has 3 aromatic rings. The van der Waals surface area contributed by atoms with E-state index in [0.717, 1.165) is 123 Å². The van der Waals surface area contributed by atoms with Gasteiger partial charge in [0.15, 0.2) is 0 Å². The van der Waals surface area contributed by atoms with E-state index in [1.54, 1.807) is 0 Å². The molecule has 0 saturated heterocycles. The van der Waals surface area contributed by atoms with Gasteiger partial charge >= 0.3 is 5.97 Å². The number of carbonyl (C=O) groups is 2. The number of aryl methyl sites for hydroxylation is 1. The van der Waals surface area contributed by atoms with E-state index >= 15 is 0 Å². The third-order valence-corrected chi connectivity index (χ3v) is 15.5. The quantitative estimate of drug-likeness (QED) is 0.0518. The zero-order chi connectivity index (χ0) is 43.6. The molecule has 6 N–H and O–H groups in total. The molecule has 1 spiro atoms. The number of hydrogen-bond donors (Lipinski definition) is 5. The molecule has 0 heterocycles. The van der Waals surface area contributed by atoms with E-state index in [2.05, 4.69) is 61.5 Å². The number of phenols is 1. The molecule has 0 radical (unpaired) electrons. The molecule has 332 valence electrons. The maximum atomic E-state index is 13.7. The van der Waals surface area contributed by atoms with Crippen LogP contribution in [0.1, 0.15) is 131 Å². The normalized spacial score (nSPS) is 27.6. The monoisotopic (exact) mass is 842 g/mol. The highest BCUT2D eigenvalue weighted by Crippen LogP contribution is 2.54. The number of carboxylic acids is 1. The fraction of sp³-hybridized carbons (Fsp3) is 0.527. The van der Waals surface area contributed by atoms with Crippen molar-refractivity contribution in [3.05, 3.63) is 123 Å². The van der Waals surface area contributed by atoms with Crippen molar-refractivity contribution >= 4 is 24.1 Å². The van der Waals surface area contributed by atoms with Crippen molar-refractivity contribution in [1.29, 1.82) is 0 Å². The lowest BCUT2D eigenvalue weighted by molar-refractivity contribution is -0.148. The Bertz CT molecular complexity index is 2190. The average Bonchev–Trinajstić information content (AvgIpc) is 3.75. The van der Waals surface area contributed by atoms with Crippen LogP contribution in [-0.2, 0) is 27.8 Å². The highest BCUT2D eigenvalue weighted by atomic mass is 16.4. The van der Waals surface area contributed by atoms with E-state index in [0.29, 0.717) is 36.8 Å². The van der Waals surface area contributed by atoms with E-state index in [4.69, 9.17) is 5.73 Å². The first-order valence-electron chi connectivity index (χ1n) is 24.0. The Morgan fingerprint density at radius 2 is 1.79 bits per heavy atom. The van der Waals surface area contributed by atoms with Crippen LogP contribution in [0.4, 0.5) is 0 Å². The van der Waals surface area contributed by atoms with Gasteiger partial charge in [-0.2, -0.15) is 0 Å². The van der Waals surface area contributed by atoms with Gasteiger partial charge in [0, 0.05) is 28.4 Å². The largest absolute Gasteiger partial charge is 0.511 e. The fourth-order valence-electron chi connectivity index (χ4n) is 12.1. The van der Waals surface area contributed by atoms with E-state index in [1.807, 2.05) is 36.4 Å². The minimum Gasteiger partial charge on any atom is -0.511 e. The summed E-state index contributed by atoms with van der Waals surface area (Å²) in [6, 6.07) is 22.8. The summed E-state index contributed by atoms with van der Waals surface area (Å²) in [4.78, 5) is 26.0. The second-order valence-corrected chi connectivity index (χ2v) is 19.3. The van der Waals surface area contributed by atoms with Crippen molar-refractivity contribution in [2.24, 2.45) is 47.2 Å². The first kappa shape index (κ1) is 45.6. The van der Waals surface area contributed by atoms with Gasteiger partial charge in [-0.3, -0.25) is 4.79 Å². The molecule has 7 heteroatoms. The van der Waals surface area contributed by atoms with Crippen molar-refractivity contribution in [1.82, 2.24) is 0 Å². The van der Waals surface area contributed by atoms with Crippen molar-refractivity contribution < 1.29 is 30.0 Å². The first-order chi connectivity index (χ1) is 30.2. The summed E-state index contributed by atoms with van der Waals surface area (Å²) < 4.78 is 0. The molecule has 2 bridgehead atoms. The van der Waals surface area contributed by atoms with Crippen LogP contribution in [0.15, 0.2) is 90.5 Å². The van der Waals surface area contributed by atoms with Crippen LogP contribution in [0.25, 0.3) is 11.8 Å². The number of aliphatic hydroxyl groups is 2. The second kappa shape index (κ2) is 21.3. The SMILES string of the molecule is CCCCCc1cc(C2Cc3cccc(c3)C3(CCC4C=c5ccccc5=C(O)C4C3)C(C(=O)O)C(CO)C=CCC2CCCCCC(C=O)C2C=C(CCN)CC2)ccc1O. The Labute approximate surface area is 369 Å². The number of nitrogens with two attached hydrogens (primary N) is 1. The van der Waals surface area contributed by atoms with Crippen LogP contribution in [0.2, 0.25) is 0 Å². The number of aromatic hydroxyl groups is 1. The van der Waals surface area contributed by atoms with Crippen LogP contribution in [0, 0.1) is 41.4 Å². The number of aliphatic hydroxyl groups excluding tert-OH is 2. The Kier molecular flexibility index (Phi) is 15.6. The number of fused-ring (bicyclic) bond motifs is 5. The van der Waals surface area contributed by atoms with Crippen molar-refractivity contribution in [2.75, 3.05) is 13.2 Å². The van der Waals surface area contributed by atoms with Crippen LogP contribution in [0.3, 0.4) is 0 Å². The molecular weight excluding hydrogens is 771 g/mol. The average molecular weight is 842 g/mol. The number of aliphatic carboxylic acids is 1. The number of unbranched alkanes of at least 4 members (excludes halogenated alkanes) is 4. The predicted molar refractivity (Wildman–Crippen MR) is 249 cm³/mol. The number of allylic oxidation sites excluding steroid dienone is 2. The highest BCUT2D eigenvalue weighted by Gasteiger charge is 2.53. The summed E-state index contributed by atoms with van der Waals surface area (Å²) in [6.45, 7) is 2.56. The molecule has 1 fully saturated rings. The van der Waals surface area contributed by atoms with Gasteiger partial charge in [0.2, 0.25) is 0 Å². The lowest BCUT2D eigenvalue weighted by Crippen LogP contribution is -2.51. The molecule has 4 aliphatic carbocycles. The molecule has 7 nitrogen and oxygen atoms in total. The third kappa shape index (κ3) is 10.2. The minimum absolute atomic E-state index is 0.0440. The third-order valence-electron chi connectivity index (χ3n) is 15.5. The van der Waals surface area contributed by atoms with Gasteiger partial charge in [-0.05, 0) is 141 Å². The Morgan fingerprint density at radius 1 is 0.935 bits per heavy atom. The number of aldehydes is 1. The maximum absolute atomic E-state index is 13.7. The lowest BCUT2D eigenvalue weighted by Gasteiger charge is -2.49. The maximum Gasteiger partial charge on any atom is 0.308 e. The molecule has 0 aliphatic heterocycles. The number of phenolic OH excluding ortho intramolecular Hbond substituents is 1. The summed E-state index contributed by atoms with van der Waals surface area (Å²) in [7, 11) is 0. The minimum atomic E-state index is -0.916. The summed E-state index contributed by atoms with van der Waals surface area (Å²) in [6.07, 6.45) is 25.2. The Morgan fingerprint density at radius 3 is 2.58 bits per heavy atom. The molecule has 9 unspecified atom stereocenters. The van der Waals surface area contributed by atoms with Crippen LogP contribution in [-0.4, -0.2) is 45.8 Å². The van der Waals surface area contributed by atoms with E-state index in [9.17, 15) is 30.0 Å². The fourth-order valence-corrected chi connectivity index (χ4v) is 12.1. The van der Waals surface area contributed by atoms with Crippen molar-refractivity contribution in [2.45, 2.75) is 127 Å². The summed E-state index contributed by atoms with van der Waals surface area (Å²) >= 11 is 0. The number of carboxylic acid groups (broad SMARTS) is 1. The molecule has 7 rings (SSSR count). The van der Waals surface area contributed by atoms with Gasteiger partial charge in [-0.1, -0.05) is 130 Å². The van der Waals surface area contributed by atoms with Crippen LogP contribution >= 0.6 is 0 Å². The number of carbonyl (C=O) groups excluding carboxylic acids is 1. The van der Waals surface area contributed by atoms with Crippen molar-refractivity contribution in [3.63, 3.8) is 0 Å². The zero-order valence-electron chi connectivity index (χ0n) is 37.0. The van der Waals surface area contributed by atoms with Gasteiger partial charge in [0.25, 0.3) is 0 Å². The van der Waals surface area contributed by atoms with Gasteiger partial charge in [0.1, 0.15) is 17.8 Å². The molecule has 0 aromatic heterocycles. The smallest absolute Gasteiger partial charge is 0.308 e. The Balaban J connectivity index is 1.22. The first-order valence-corrected chi connectivity index (χ1v) is 24.0. The lowest BCUT2D eigenvalue weighted by atomic mass is 9.53. The Hall–Kier alpha value is -4.46. The highest BCUT2D eigenvalue weighted by molar-refractivity contribution is 5.74. The molecule has 4 aliphatic rings. The van der Waals surface area contributed by atoms with Crippen LogP contribution in [0.5, 0.6) is 5.75 Å². The van der Waals surface area contributed by atoms with Gasteiger partial charge in [-0.15, -0.1) is 0 Å². The standard InChI is InChI=1S/C55H71NO6/c1-2-3-5-15-44-33-42(23-24-51(44)59)49-31-38-12-10-19-47(30-38)55(27-25-43-32-41-14-8-9-20-48(41)53(60)50(43)34-55)52(54(61)62)46(36-58)18-11-17-39(49)13-6-4-7-16-45(35-57)40-22-21-37(29-40)26-28-56/h8-12,14,18-20,23-24,29-30,32-33,35,39-40,43,45-46,49-50,52,58-60H,2-7,13,15-17,21-22,25-28,31,34,36,56H2,1H3,(H,61,62). The zero-order valence-corrected chi connectivity index (χ0v) is 37.0. The number of rotatable bonds is 17. The number of benzene rings is 3. The summed E-state index contributed by atoms with van der Waals surface area (Å²) in [5.41, 5.74) is 10.7. The topological polar surface area (TPSA) is 141 Å². The molecular formula is C55H71NO6. The molecule has 3 aromatic carbocycles. The molecule has 1 saturated carbocycles. The van der Waals surface area contributed by atoms with Crippen molar-refractivity contribution in [3.8, 4) is 5.75 Å². The van der Waals surface area contributed by atoms with E-state index < -0.39 is 23.2 Å². The second-order valence-electron chi connectivity index (χ2n) is 19.3. The summed E-state index contributed by atoms with van der Waals surface area (Å²) in [5, 5.41) is 47.1. The molecule has 9 atom stereocenters.